The summed E-state index contributed by atoms with van der Waals surface area (Å²) < 4.78 is 96.0. The molecule has 2 aliphatic rings. The molecule has 2 amide bonds. The lowest BCUT2D eigenvalue weighted by Gasteiger charge is -2.42. The second-order valence-corrected chi connectivity index (χ2v) is 9.33. The van der Waals surface area contributed by atoms with Crippen LogP contribution >= 0.6 is 0 Å². The zero-order valence-electron chi connectivity index (χ0n) is 21.5. The van der Waals surface area contributed by atoms with Crippen molar-refractivity contribution in [3.05, 3.63) is 63.7 Å². The van der Waals surface area contributed by atoms with Gasteiger partial charge in [0.25, 0.3) is 0 Å². The fourth-order valence-electron chi connectivity index (χ4n) is 4.94. The van der Waals surface area contributed by atoms with Crippen molar-refractivity contribution in [3.63, 3.8) is 0 Å². The number of ether oxygens (including phenoxy) is 3. The van der Waals surface area contributed by atoms with Crippen molar-refractivity contribution in [2.75, 3.05) is 18.6 Å². The van der Waals surface area contributed by atoms with Crippen molar-refractivity contribution < 1.29 is 54.9 Å². The van der Waals surface area contributed by atoms with Crippen LogP contribution in [0.15, 0.2) is 30.3 Å². The second-order valence-electron chi connectivity index (χ2n) is 9.33. The van der Waals surface area contributed by atoms with E-state index in [1.807, 2.05) is 0 Å². The Morgan fingerprint density at radius 3 is 2.23 bits per heavy atom. The molecule has 2 aromatic carbocycles. The van der Waals surface area contributed by atoms with E-state index >= 15 is 0 Å². The lowest BCUT2D eigenvalue weighted by molar-refractivity contribution is -0.143. The van der Waals surface area contributed by atoms with Crippen LogP contribution in [-0.2, 0) is 39.7 Å². The summed E-state index contributed by atoms with van der Waals surface area (Å²) in [5.74, 6) is -0.634. The third-order valence-electron chi connectivity index (χ3n) is 6.71. The number of rotatable bonds is 4. The van der Waals surface area contributed by atoms with E-state index < -0.39 is 65.8 Å². The van der Waals surface area contributed by atoms with Crippen LogP contribution in [0.4, 0.5) is 41.6 Å². The standard InChI is InChI=1S/C26H24F6N2O6/c1-4-39-24(37)34-13(2)5-20(19-8-15-12-40-22(35)18(15)10-21(19)34)33(23(36)38-3)11-14-6-16(25(27,28)29)9-17(7-14)26(30,31)32/h6-10,13,20H,4-5,11-12H2,1-3H3. The highest BCUT2D eigenvalue weighted by molar-refractivity contribution is 5.98. The Balaban J connectivity index is 1.85. The number of fused-ring (bicyclic) bond motifs is 2. The summed E-state index contributed by atoms with van der Waals surface area (Å²) in [5, 5.41) is 0. The minimum absolute atomic E-state index is 0.00149. The fraction of sp³-hybridized carbons (Fsp3) is 0.423. The van der Waals surface area contributed by atoms with Crippen molar-refractivity contribution in [1.29, 1.82) is 0 Å². The molecule has 0 N–H and O–H groups in total. The lowest BCUT2D eigenvalue weighted by Crippen LogP contribution is -2.47. The number of carbonyl (C=O) groups is 3. The number of halogens is 6. The average Bonchev–Trinajstić information content (AvgIpc) is 3.23. The van der Waals surface area contributed by atoms with Gasteiger partial charge >= 0.3 is 30.5 Å². The molecule has 2 aliphatic heterocycles. The second kappa shape index (κ2) is 10.5. The van der Waals surface area contributed by atoms with Crippen LogP contribution in [0.3, 0.4) is 0 Å². The Labute approximate surface area is 224 Å². The monoisotopic (exact) mass is 574 g/mol. The molecule has 216 valence electrons. The van der Waals surface area contributed by atoms with Gasteiger partial charge in [-0.2, -0.15) is 26.3 Å². The maximum atomic E-state index is 13.5. The number of amides is 2. The number of methoxy groups -OCH3 is 1. The summed E-state index contributed by atoms with van der Waals surface area (Å²) in [6.07, 6.45) is -11.9. The van der Waals surface area contributed by atoms with Gasteiger partial charge in [-0.05, 0) is 61.7 Å². The summed E-state index contributed by atoms with van der Waals surface area (Å²) in [4.78, 5) is 40.3. The van der Waals surface area contributed by atoms with Crippen LogP contribution in [-0.4, -0.2) is 42.8 Å². The van der Waals surface area contributed by atoms with Crippen molar-refractivity contribution in [1.82, 2.24) is 4.90 Å². The van der Waals surface area contributed by atoms with Gasteiger partial charge in [-0.25, -0.2) is 14.4 Å². The number of benzene rings is 2. The van der Waals surface area contributed by atoms with Gasteiger partial charge in [-0.3, -0.25) is 9.80 Å². The molecule has 0 bridgehead atoms. The molecular formula is C26H24F6N2O6. The minimum atomic E-state index is -5.08. The van der Waals surface area contributed by atoms with Crippen LogP contribution in [0.1, 0.15) is 64.5 Å². The van der Waals surface area contributed by atoms with Gasteiger partial charge in [0.1, 0.15) is 6.61 Å². The van der Waals surface area contributed by atoms with Crippen LogP contribution in [0.5, 0.6) is 0 Å². The lowest BCUT2D eigenvalue weighted by atomic mass is 9.88. The van der Waals surface area contributed by atoms with Gasteiger partial charge in [0.05, 0.1) is 42.1 Å². The smallest absolute Gasteiger partial charge is 0.416 e. The molecule has 0 saturated carbocycles. The number of nitrogens with zero attached hydrogens (tertiary/aromatic N) is 2. The first kappa shape index (κ1) is 29.0. The van der Waals surface area contributed by atoms with Crippen LogP contribution in [0, 0.1) is 0 Å². The van der Waals surface area contributed by atoms with Gasteiger partial charge in [-0.15, -0.1) is 0 Å². The van der Waals surface area contributed by atoms with Crippen molar-refractivity contribution in [2.24, 2.45) is 0 Å². The highest BCUT2D eigenvalue weighted by Gasteiger charge is 2.42. The molecule has 14 heteroatoms. The molecule has 40 heavy (non-hydrogen) atoms. The number of hydrogen-bond donors (Lipinski definition) is 0. The van der Waals surface area contributed by atoms with Crippen molar-refractivity contribution >= 4 is 23.8 Å². The Hall–Kier alpha value is -3.97. The predicted octanol–water partition coefficient (Wildman–Crippen LogP) is 6.46. The molecule has 2 heterocycles. The molecule has 2 unspecified atom stereocenters. The topological polar surface area (TPSA) is 85.4 Å². The summed E-state index contributed by atoms with van der Waals surface area (Å²) in [7, 11) is 1.02. The summed E-state index contributed by atoms with van der Waals surface area (Å²) >= 11 is 0. The fourth-order valence-corrected chi connectivity index (χ4v) is 4.94. The first-order valence-electron chi connectivity index (χ1n) is 12.1. The molecule has 2 atom stereocenters. The van der Waals surface area contributed by atoms with Gasteiger partial charge < -0.3 is 14.2 Å². The third-order valence-corrected chi connectivity index (χ3v) is 6.71. The van der Waals surface area contributed by atoms with Crippen LogP contribution in [0.2, 0.25) is 0 Å². The first-order valence-corrected chi connectivity index (χ1v) is 12.1. The minimum Gasteiger partial charge on any atom is -0.457 e. The van der Waals surface area contributed by atoms with E-state index in [0.29, 0.717) is 23.3 Å². The van der Waals surface area contributed by atoms with E-state index in [9.17, 15) is 40.7 Å². The van der Waals surface area contributed by atoms with Gasteiger partial charge in [0.2, 0.25) is 0 Å². The van der Waals surface area contributed by atoms with Crippen LogP contribution < -0.4 is 4.90 Å². The number of cyclic esters (lactones) is 1. The molecule has 0 aromatic heterocycles. The number of anilines is 1. The van der Waals surface area contributed by atoms with Gasteiger partial charge in [-0.1, -0.05) is 0 Å². The summed E-state index contributed by atoms with van der Waals surface area (Å²) in [5.41, 5.74) is -2.36. The Morgan fingerprint density at radius 2 is 1.68 bits per heavy atom. The first-order chi connectivity index (χ1) is 18.6. The summed E-state index contributed by atoms with van der Waals surface area (Å²) in [6, 6.07) is 2.39. The maximum Gasteiger partial charge on any atom is 0.416 e. The van der Waals surface area contributed by atoms with Crippen molar-refractivity contribution in [3.8, 4) is 0 Å². The molecule has 0 fully saturated rings. The largest absolute Gasteiger partial charge is 0.457 e. The number of alkyl halides is 6. The Kier molecular flexibility index (Phi) is 7.65. The zero-order chi connectivity index (χ0) is 29.6. The van der Waals surface area contributed by atoms with E-state index in [2.05, 4.69) is 0 Å². The molecule has 0 spiro atoms. The molecule has 0 aliphatic carbocycles. The molecule has 4 rings (SSSR count). The molecular weight excluding hydrogens is 550 g/mol. The molecule has 8 nitrogen and oxygen atoms in total. The third kappa shape index (κ3) is 5.52. The molecule has 2 aromatic rings. The number of hydrogen-bond acceptors (Lipinski definition) is 6. The maximum absolute atomic E-state index is 13.5. The predicted molar refractivity (Wildman–Crippen MR) is 126 cm³/mol. The van der Waals surface area contributed by atoms with Crippen molar-refractivity contribution in [2.45, 2.75) is 57.9 Å². The SMILES string of the molecule is CCOC(=O)N1c2cc3c(cc2C(N(Cc2cc(C(F)(F)F)cc(C(F)(F)F)c2)C(=O)OC)CC1C)COC3=O. The van der Waals surface area contributed by atoms with E-state index in [-0.39, 0.29) is 37.0 Å². The zero-order valence-corrected chi connectivity index (χ0v) is 21.5. The van der Waals surface area contributed by atoms with E-state index in [4.69, 9.17) is 14.2 Å². The van der Waals surface area contributed by atoms with E-state index in [1.165, 1.54) is 17.0 Å². The highest BCUT2D eigenvalue weighted by atomic mass is 19.4. The quantitative estimate of drug-likeness (QED) is 0.237. The summed E-state index contributed by atoms with van der Waals surface area (Å²) in [6.45, 7) is 2.49. The number of esters is 1. The van der Waals surface area contributed by atoms with E-state index in [0.717, 1.165) is 12.0 Å². The van der Waals surface area contributed by atoms with E-state index in [1.54, 1.807) is 13.8 Å². The van der Waals surface area contributed by atoms with Gasteiger partial charge in [0.15, 0.2) is 0 Å². The highest BCUT2D eigenvalue weighted by Crippen LogP contribution is 2.45. The average molecular weight is 574 g/mol. The molecule has 0 radical (unpaired) electrons. The number of carbonyl (C=O) groups excluding carboxylic acids is 3. The van der Waals surface area contributed by atoms with Crippen LogP contribution in [0.25, 0.3) is 0 Å². The Morgan fingerprint density at radius 1 is 1.05 bits per heavy atom. The molecule has 0 saturated heterocycles. The van der Waals surface area contributed by atoms with Gasteiger partial charge in [0, 0.05) is 18.2 Å². The normalized spacial score (nSPS) is 18.5. The Bertz CT molecular complexity index is 1310.